The Labute approximate surface area is 111 Å². The molecule has 1 fully saturated rings. The van der Waals surface area contributed by atoms with Gasteiger partial charge in [0.2, 0.25) is 11.0 Å². The maximum atomic E-state index is 11.6. The largest absolute Gasteiger partial charge is 0.480 e. The van der Waals surface area contributed by atoms with Crippen LogP contribution < -0.4 is 10.6 Å². The Bertz CT molecular complexity index is 387. The monoisotopic (exact) mass is 292 g/mol. The van der Waals surface area contributed by atoms with E-state index < -0.39 is 24.0 Å². The van der Waals surface area contributed by atoms with Gasteiger partial charge in [-0.3, -0.25) is 14.4 Å². The average molecular weight is 292 g/mol. The van der Waals surface area contributed by atoms with E-state index in [2.05, 4.69) is 10.6 Å². The van der Waals surface area contributed by atoms with E-state index >= 15 is 0 Å². The van der Waals surface area contributed by atoms with Gasteiger partial charge in [-0.1, -0.05) is 23.5 Å². The van der Waals surface area contributed by atoms with Crippen LogP contribution >= 0.6 is 23.5 Å². The quantitative estimate of drug-likeness (QED) is 0.635. The molecule has 1 saturated heterocycles. The third kappa shape index (κ3) is 4.57. The smallest absolute Gasteiger partial charge is 0.327 e. The Morgan fingerprint density at radius 3 is 2.72 bits per heavy atom. The van der Waals surface area contributed by atoms with E-state index in [0.717, 1.165) is 23.5 Å². The Morgan fingerprint density at radius 1 is 1.61 bits per heavy atom. The maximum Gasteiger partial charge on any atom is 0.327 e. The van der Waals surface area contributed by atoms with Crippen molar-refractivity contribution in [1.29, 1.82) is 0 Å². The average Bonchev–Trinajstić information content (AvgIpc) is 2.69. The molecule has 1 aliphatic rings. The molecule has 1 heterocycles. The molecular formula is C9H12N2O5S2. The molecule has 0 aromatic carbocycles. The van der Waals surface area contributed by atoms with Crippen LogP contribution in [0.15, 0.2) is 0 Å². The van der Waals surface area contributed by atoms with Crippen LogP contribution in [0.1, 0.15) is 6.92 Å². The van der Waals surface area contributed by atoms with Gasteiger partial charge >= 0.3 is 5.97 Å². The van der Waals surface area contributed by atoms with Crippen LogP contribution in [0.2, 0.25) is 0 Å². The van der Waals surface area contributed by atoms with E-state index in [4.69, 9.17) is 5.11 Å². The van der Waals surface area contributed by atoms with Crippen molar-refractivity contribution in [3.05, 3.63) is 0 Å². The Hall–Kier alpha value is -1.22. The number of aliphatic carboxylic acids is 1. The molecule has 0 saturated carbocycles. The molecule has 1 rings (SSSR count). The van der Waals surface area contributed by atoms with Crippen molar-refractivity contribution in [2.75, 3.05) is 11.5 Å². The normalized spacial score (nSPS) is 20.1. The second kappa shape index (κ2) is 6.64. The highest BCUT2D eigenvalue weighted by molar-refractivity contribution is 8.15. The molecule has 1 aliphatic heterocycles. The number of amides is 2. The van der Waals surface area contributed by atoms with Crippen molar-refractivity contribution >= 4 is 45.8 Å². The predicted molar refractivity (Wildman–Crippen MR) is 67.5 cm³/mol. The lowest BCUT2D eigenvalue weighted by Crippen LogP contribution is -2.42. The zero-order chi connectivity index (χ0) is 13.7. The van der Waals surface area contributed by atoms with Crippen molar-refractivity contribution in [2.45, 2.75) is 19.0 Å². The third-order valence-electron chi connectivity index (χ3n) is 2.03. The molecule has 2 amide bonds. The Morgan fingerprint density at radius 2 is 2.28 bits per heavy atom. The minimum absolute atomic E-state index is 0.0647. The van der Waals surface area contributed by atoms with Gasteiger partial charge in [0.05, 0.1) is 0 Å². The zero-order valence-corrected chi connectivity index (χ0v) is 11.1. The molecular weight excluding hydrogens is 280 g/mol. The lowest BCUT2D eigenvalue weighted by Gasteiger charge is -2.13. The standard InChI is InChI=1S/C9H12N2O5S2/c1-4(12)10-5(7(13)14)2-17-8(15)6-3-18-9(16)11-6/h5-6H,2-3H2,1H3,(H,10,12)(H,11,16)(H,13,14)/t5?,6-/m0/s1. The summed E-state index contributed by atoms with van der Waals surface area (Å²) in [4.78, 5) is 44.1. The summed E-state index contributed by atoms with van der Waals surface area (Å²) in [5.74, 6) is -1.39. The first-order valence-corrected chi connectivity index (χ1v) is 6.97. The number of thioether (sulfide) groups is 2. The molecule has 0 spiro atoms. The molecule has 7 nitrogen and oxygen atoms in total. The summed E-state index contributed by atoms with van der Waals surface area (Å²) in [6.07, 6.45) is 0. The first-order chi connectivity index (χ1) is 8.40. The summed E-state index contributed by atoms with van der Waals surface area (Å²) >= 11 is 1.81. The number of carbonyl (C=O) groups is 4. The van der Waals surface area contributed by atoms with Gasteiger partial charge in [0, 0.05) is 18.4 Å². The number of carboxylic acids is 1. The van der Waals surface area contributed by atoms with Crippen molar-refractivity contribution in [3.8, 4) is 0 Å². The molecule has 100 valence electrons. The fourth-order valence-electron chi connectivity index (χ4n) is 1.20. The molecule has 0 aromatic rings. The van der Waals surface area contributed by atoms with Gasteiger partial charge in [0.15, 0.2) is 0 Å². The van der Waals surface area contributed by atoms with Crippen molar-refractivity contribution < 1.29 is 24.3 Å². The van der Waals surface area contributed by atoms with Crippen LogP contribution in [0.25, 0.3) is 0 Å². The van der Waals surface area contributed by atoms with Crippen LogP contribution in [0.3, 0.4) is 0 Å². The summed E-state index contributed by atoms with van der Waals surface area (Å²) in [6, 6.07) is -1.69. The minimum Gasteiger partial charge on any atom is -0.480 e. The van der Waals surface area contributed by atoms with E-state index in [-0.39, 0.29) is 16.1 Å². The van der Waals surface area contributed by atoms with E-state index in [1.807, 2.05) is 0 Å². The van der Waals surface area contributed by atoms with Gasteiger partial charge in [-0.2, -0.15) is 0 Å². The molecule has 0 aliphatic carbocycles. The number of rotatable bonds is 5. The number of carboxylic acid groups (broad SMARTS) is 1. The van der Waals surface area contributed by atoms with E-state index in [0.29, 0.717) is 5.75 Å². The highest BCUT2D eigenvalue weighted by Crippen LogP contribution is 2.18. The first kappa shape index (κ1) is 14.8. The number of hydrogen-bond donors (Lipinski definition) is 3. The predicted octanol–water partition coefficient (Wildman–Crippen LogP) is -0.340. The van der Waals surface area contributed by atoms with Gasteiger partial charge in [0.25, 0.3) is 5.24 Å². The first-order valence-electron chi connectivity index (χ1n) is 5.00. The second-order valence-electron chi connectivity index (χ2n) is 3.52. The summed E-state index contributed by atoms with van der Waals surface area (Å²) < 4.78 is 0. The van der Waals surface area contributed by atoms with Gasteiger partial charge in [0.1, 0.15) is 12.1 Å². The van der Waals surface area contributed by atoms with Gasteiger partial charge in [-0.25, -0.2) is 4.79 Å². The van der Waals surface area contributed by atoms with Crippen molar-refractivity contribution in [2.24, 2.45) is 0 Å². The van der Waals surface area contributed by atoms with E-state index in [1.165, 1.54) is 6.92 Å². The third-order valence-corrected chi connectivity index (χ3v) is 3.97. The van der Waals surface area contributed by atoms with E-state index in [1.54, 1.807) is 0 Å². The molecule has 3 N–H and O–H groups in total. The summed E-state index contributed by atoms with van der Waals surface area (Å²) in [5, 5.41) is 13.0. The van der Waals surface area contributed by atoms with Gasteiger partial charge in [-0.05, 0) is 0 Å². The number of carbonyl (C=O) groups excluding carboxylic acids is 3. The molecule has 0 aromatic heterocycles. The van der Waals surface area contributed by atoms with Gasteiger partial charge < -0.3 is 15.7 Å². The van der Waals surface area contributed by atoms with Crippen molar-refractivity contribution in [3.63, 3.8) is 0 Å². The van der Waals surface area contributed by atoms with Crippen molar-refractivity contribution in [1.82, 2.24) is 10.6 Å². The summed E-state index contributed by atoms with van der Waals surface area (Å²) in [5.41, 5.74) is 0. The molecule has 0 bridgehead atoms. The number of nitrogens with one attached hydrogen (secondary N) is 2. The second-order valence-corrected chi connectivity index (χ2v) is 5.53. The number of hydrogen-bond acceptors (Lipinski definition) is 6. The highest BCUT2D eigenvalue weighted by atomic mass is 32.2. The van der Waals surface area contributed by atoms with Crippen LogP contribution in [-0.4, -0.2) is 50.9 Å². The Kier molecular flexibility index (Phi) is 5.48. The Balaban J connectivity index is 2.42. The van der Waals surface area contributed by atoms with Crippen LogP contribution in [-0.2, 0) is 14.4 Å². The lowest BCUT2D eigenvalue weighted by atomic mass is 10.3. The molecule has 18 heavy (non-hydrogen) atoms. The molecule has 0 radical (unpaired) electrons. The molecule has 2 atom stereocenters. The molecule has 9 heteroatoms. The lowest BCUT2D eigenvalue weighted by molar-refractivity contribution is -0.140. The highest BCUT2D eigenvalue weighted by Gasteiger charge is 2.29. The van der Waals surface area contributed by atoms with Crippen LogP contribution in [0.4, 0.5) is 4.79 Å². The summed E-state index contributed by atoms with van der Waals surface area (Å²) in [6.45, 7) is 1.20. The zero-order valence-electron chi connectivity index (χ0n) is 9.47. The van der Waals surface area contributed by atoms with Gasteiger partial charge in [-0.15, -0.1) is 0 Å². The SMILES string of the molecule is CC(=O)NC(CSC(=O)[C@@H]1CSC(=O)N1)C(=O)O. The maximum absolute atomic E-state index is 11.6. The molecule has 1 unspecified atom stereocenters. The topological polar surface area (TPSA) is 113 Å². The van der Waals surface area contributed by atoms with Crippen LogP contribution in [0.5, 0.6) is 0 Å². The summed E-state index contributed by atoms with van der Waals surface area (Å²) in [7, 11) is 0. The minimum atomic E-state index is -1.20. The fraction of sp³-hybridized carbons (Fsp3) is 0.556. The fourth-order valence-corrected chi connectivity index (χ4v) is 2.98. The van der Waals surface area contributed by atoms with E-state index in [9.17, 15) is 19.2 Å². The van der Waals surface area contributed by atoms with Crippen LogP contribution in [0, 0.1) is 0 Å².